The monoisotopic (exact) mass is 248 g/mol. The van der Waals surface area contributed by atoms with Crippen LogP contribution in [0.4, 0.5) is 0 Å². The third-order valence-electron chi connectivity index (χ3n) is 3.09. The van der Waals surface area contributed by atoms with Gasteiger partial charge in [0.1, 0.15) is 5.75 Å². The lowest BCUT2D eigenvalue weighted by Crippen LogP contribution is -2.33. The van der Waals surface area contributed by atoms with Gasteiger partial charge in [-0.2, -0.15) is 0 Å². The van der Waals surface area contributed by atoms with E-state index < -0.39 is 5.54 Å². The van der Waals surface area contributed by atoms with Gasteiger partial charge in [0, 0.05) is 42.3 Å². The van der Waals surface area contributed by atoms with Crippen LogP contribution in [0.3, 0.4) is 0 Å². The lowest BCUT2D eigenvalue weighted by Gasteiger charge is -2.14. The quantitative estimate of drug-likeness (QED) is 0.668. The fraction of sp³-hybridized carbons (Fsp3) is 0.385. The number of ether oxygens (including phenoxy) is 1. The maximum absolute atomic E-state index is 11.0. The topological polar surface area (TPSA) is 68.2 Å². The van der Waals surface area contributed by atoms with Crippen molar-refractivity contribution in [2.75, 3.05) is 7.11 Å². The number of hydrogen-bond donors (Lipinski definition) is 1. The van der Waals surface area contributed by atoms with Gasteiger partial charge >= 0.3 is 0 Å². The molecule has 5 nitrogen and oxygen atoms in total. The molecule has 0 radical (unpaired) electrons. The Labute approximate surface area is 105 Å². The molecule has 0 saturated heterocycles. The van der Waals surface area contributed by atoms with Crippen molar-refractivity contribution in [3.63, 3.8) is 0 Å². The summed E-state index contributed by atoms with van der Waals surface area (Å²) in [5.74, 6) is 0.752. The van der Waals surface area contributed by atoms with Crippen LogP contribution in [0.1, 0.15) is 19.4 Å². The van der Waals surface area contributed by atoms with Crippen LogP contribution in [0, 0.1) is 10.1 Å². The summed E-state index contributed by atoms with van der Waals surface area (Å²) in [6, 6.07) is 5.68. The van der Waals surface area contributed by atoms with Crippen molar-refractivity contribution in [3.8, 4) is 5.75 Å². The first-order valence-corrected chi connectivity index (χ1v) is 5.72. The maximum atomic E-state index is 11.0. The van der Waals surface area contributed by atoms with Gasteiger partial charge in [-0.3, -0.25) is 10.1 Å². The Bertz CT molecular complexity index is 587. The summed E-state index contributed by atoms with van der Waals surface area (Å²) < 4.78 is 5.18. The first kappa shape index (κ1) is 12.4. The second kappa shape index (κ2) is 4.33. The van der Waals surface area contributed by atoms with E-state index in [-0.39, 0.29) is 4.92 Å². The summed E-state index contributed by atoms with van der Waals surface area (Å²) in [4.78, 5) is 13.9. The summed E-state index contributed by atoms with van der Waals surface area (Å²) in [5.41, 5.74) is 0.925. The average Bonchev–Trinajstić information content (AvgIpc) is 2.71. The largest absolute Gasteiger partial charge is 0.497 e. The zero-order chi connectivity index (χ0) is 13.3. The van der Waals surface area contributed by atoms with Crippen LogP contribution >= 0.6 is 0 Å². The minimum Gasteiger partial charge on any atom is -0.497 e. The Kier molecular flexibility index (Phi) is 2.98. The number of methoxy groups -OCH3 is 1. The van der Waals surface area contributed by atoms with Crippen LogP contribution in [-0.4, -0.2) is 22.6 Å². The summed E-state index contributed by atoms with van der Waals surface area (Å²) in [6.45, 7) is 3.26. The van der Waals surface area contributed by atoms with Gasteiger partial charge in [0.2, 0.25) is 5.54 Å². The van der Waals surface area contributed by atoms with Gasteiger partial charge in [-0.1, -0.05) is 0 Å². The molecular formula is C13H16N2O3. The van der Waals surface area contributed by atoms with Crippen LogP contribution in [0.2, 0.25) is 0 Å². The summed E-state index contributed by atoms with van der Waals surface area (Å²) in [5, 5.41) is 12.0. The zero-order valence-corrected chi connectivity index (χ0v) is 10.7. The van der Waals surface area contributed by atoms with Crippen LogP contribution in [0.5, 0.6) is 5.75 Å². The Morgan fingerprint density at radius 2 is 2.17 bits per heavy atom. The van der Waals surface area contributed by atoms with Crippen LogP contribution in [0.15, 0.2) is 24.4 Å². The fourth-order valence-electron chi connectivity index (χ4n) is 1.96. The third-order valence-corrected chi connectivity index (χ3v) is 3.09. The summed E-state index contributed by atoms with van der Waals surface area (Å²) in [7, 11) is 1.61. The number of H-pyrrole nitrogens is 1. The highest BCUT2D eigenvalue weighted by molar-refractivity contribution is 5.84. The van der Waals surface area contributed by atoms with Gasteiger partial charge in [-0.25, -0.2) is 0 Å². The van der Waals surface area contributed by atoms with Crippen LogP contribution in [0.25, 0.3) is 10.9 Å². The normalized spacial score (nSPS) is 11.7. The average molecular weight is 248 g/mol. The van der Waals surface area contributed by atoms with Crippen LogP contribution < -0.4 is 4.74 Å². The maximum Gasteiger partial charge on any atom is 0.220 e. The minimum absolute atomic E-state index is 0.244. The van der Waals surface area contributed by atoms with E-state index in [1.165, 1.54) is 0 Å². The highest BCUT2D eigenvalue weighted by Gasteiger charge is 2.31. The highest BCUT2D eigenvalue weighted by atomic mass is 16.6. The molecule has 0 unspecified atom stereocenters. The lowest BCUT2D eigenvalue weighted by atomic mass is 9.95. The molecule has 0 amide bonds. The Morgan fingerprint density at radius 1 is 1.44 bits per heavy atom. The third kappa shape index (κ3) is 2.16. The van der Waals surface area contributed by atoms with E-state index >= 15 is 0 Å². The number of fused-ring (bicyclic) bond motifs is 1. The van der Waals surface area contributed by atoms with Gasteiger partial charge in [-0.15, -0.1) is 0 Å². The number of nitrogens with zero attached hydrogens (tertiary/aromatic N) is 1. The molecule has 96 valence electrons. The molecule has 18 heavy (non-hydrogen) atoms. The minimum atomic E-state index is -0.974. The van der Waals surface area contributed by atoms with Gasteiger partial charge in [0.05, 0.1) is 7.11 Å². The lowest BCUT2D eigenvalue weighted by molar-refractivity contribution is -0.560. The molecule has 1 N–H and O–H groups in total. The molecule has 1 aromatic carbocycles. The summed E-state index contributed by atoms with van der Waals surface area (Å²) >= 11 is 0. The molecule has 2 rings (SSSR count). The van der Waals surface area contributed by atoms with E-state index in [0.29, 0.717) is 6.42 Å². The molecule has 1 aromatic heterocycles. The molecule has 0 saturated carbocycles. The standard InChI is InChI=1S/C13H16N2O3/c1-13(2,15(16)17)7-9-8-14-12-5-4-10(18-3)6-11(9)12/h4-6,8,14H,7H2,1-3H3. The first-order valence-electron chi connectivity index (χ1n) is 5.72. The van der Waals surface area contributed by atoms with E-state index in [1.54, 1.807) is 21.0 Å². The Hall–Kier alpha value is -2.04. The van der Waals surface area contributed by atoms with Crippen molar-refractivity contribution in [2.45, 2.75) is 25.8 Å². The second-order valence-electron chi connectivity index (χ2n) is 4.97. The van der Waals surface area contributed by atoms with Crippen molar-refractivity contribution in [1.82, 2.24) is 4.98 Å². The number of benzene rings is 1. The SMILES string of the molecule is COc1ccc2[nH]cc(CC(C)(C)[N+](=O)[O-])c2c1. The van der Waals surface area contributed by atoms with Gasteiger partial charge in [0.15, 0.2) is 0 Å². The van der Waals surface area contributed by atoms with Crippen molar-refractivity contribution in [3.05, 3.63) is 40.1 Å². The van der Waals surface area contributed by atoms with E-state index in [2.05, 4.69) is 4.98 Å². The highest BCUT2D eigenvalue weighted by Crippen LogP contribution is 2.27. The molecule has 0 atom stereocenters. The fourth-order valence-corrected chi connectivity index (χ4v) is 1.96. The number of rotatable bonds is 4. The zero-order valence-electron chi connectivity index (χ0n) is 10.7. The van der Waals surface area contributed by atoms with Crippen molar-refractivity contribution < 1.29 is 9.66 Å². The van der Waals surface area contributed by atoms with E-state index in [9.17, 15) is 10.1 Å². The molecule has 0 aliphatic carbocycles. The Morgan fingerprint density at radius 3 is 2.78 bits per heavy atom. The van der Waals surface area contributed by atoms with Gasteiger partial charge in [0.25, 0.3) is 0 Å². The van der Waals surface area contributed by atoms with E-state index in [0.717, 1.165) is 22.2 Å². The summed E-state index contributed by atoms with van der Waals surface area (Å²) in [6.07, 6.45) is 2.21. The number of aromatic amines is 1. The number of nitro groups is 1. The first-order chi connectivity index (χ1) is 8.44. The molecule has 1 heterocycles. The van der Waals surface area contributed by atoms with Gasteiger partial charge in [-0.05, 0) is 23.8 Å². The molecule has 0 aliphatic heterocycles. The molecular weight excluding hydrogens is 232 g/mol. The van der Waals surface area contributed by atoms with Gasteiger partial charge < -0.3 is 9.72 Å². The molecule has 0 spiro atoms. The molecule has 5 heteroatoms. The van der Waals surface area contributed by atoms with E-state index in [1.807, 2.05) is 24.4 Å². The number of hydrogen-bond acceptors (Lipinski definition) is 3. The molecule has 0 fully saturated rings. The molecule has 0 aliphatic rings. The smallest absolute Gasteiger partial charge is 0.220 e. The number of aromatic nitrogens is 1. The number of nitrogens with one attached hydrogen (secondary N) is 1. The Balaban J connectivity index is 2.42. The predicted octanol–water partition coefficient (Wildman–Crippen LogP) is 2.77. The van der Waals surface area contributed by atoms with Crippen molar-refractivity contribution in [1.29, 1.82) is 0 Å². The molecule has 0 bridgehead atoms. The van der Waals surface area contributed by atoms with Crippen LogP contribution in [-0.2, 0) is 6.42 Å². The molecule has 2 aromatic rings. The van der Waals surface area contributed by atoms with E-state index in [4.69, 9.17) is 4.74 Å². The van der Waals surface area contributed by atoms with Crippen molar-refractivity contribution in [2.24, 2.45) is 0 Å². The second-order valence-corrected chi connectivity index (χ2v) is 4.97. The van der Waals surface area contributed by atoms with Crippen molar-refractivity contribution >= 4 is 10.9 Å². The predicted molar refractivity (Wildman–Crippen MR) is 69.6 cm³/mol.